The Labute approximate surface area is 228 Å². The number of rotatable bonds is 5. The quantitative estimate of drug-likeness (QED) is 0.536. The number of anilines is 1. The summed E-state index contributed by atoms with van der Waals surface area (Å²) in [6.45, 7) is 5.15. The van der Waals surface area contributed by atoms with Crippen molar-refractivity contribution < 1.29 is 27.1 Å². The molecule has 37 heavy (non-hydrogen) atoms. The van der Waals surface area contributed by atoms with E-state index in [1.807, 2.05) is 30.3 Å². The zero-order valence-corrected chi connectivity index (χ0v) is 23.7. The van der Waals surface area contributed by atoms with Gasteiger partial charge in [-0.05, 0) is 44.5 Å². The number of benzene rings is 2. The molecule has 0 bridgehead atoms. The molecule has 12 heteroatoms. The van der Waals surface area contributed by atoms with Crippen LogP contribution in [0.1, 0.15) is 26.3 Å². The maximum absolute atomic E-state index is 15.0. The third-order valence-corrected chi connectivity index (χ3v) is 9.42. The van der Waals surface area contributed by atoms with Crippen molar-refractivity contribution in [1.29, 1.82) is 0 Å². The first kappa shape index (κ1) is 27.6. The van der Waals surface area contributed by atoms with E-state index < -0.39 is 50.6 Å². The molecular weight excluding hydrogens is 585 g/mol. The second-order valence-electron chi connectivity index (χ2n) is 9.89. The number of carbonyl (C=O) groups is 2. The number of nitrogens with zero attached hydrogens (tertiary/aromatic N) is 2. The first-order chi connectivity index (χ1) is 17.3. The Bertz CT molecular complexity index is 1330. The summed E-state index contributed by atoms with van der Waals surface area (Å²) in [6, 6.07) is 12.0. The number of sulfone groups is 1. The Morgan fingerprint density at radius 2 is 1.92 bits per heavy atom. The van der Waals surface area contributed by atoms with Gasteiger partial charge in [-0.15, -0.1) is 0 Å². The van der Waals surface area contributed by atoms with Crippen LogP contribution in [0.25, 0.3) is 0 Å². The third-order valence-electron chi connectivity index (χ3n) is 5.71. The molecule has 0 saturated carbocycles. The topological polar surface area (TPSA) is 105 Å². The number of amides is 2. The lowest BCUT2D eigenvalue weighted by Crippen LogP contribution is -2.45. The number of ether oxygens (including phenoxy) is 1. The first-order valence-electron chi connectivity index (χ1n) is 11.6. The second kappa shape index (κ2) is 10.7. The van der Waals surface area contributed by atoms with Crippen molar-refractivity contribution in [3.63, 3.8) is 0 Å². The molecule has 2 saturated heterocycles. The van der Waals surface area contributed by atoms with Crippen LogP contribution in [-0.4, -0.2) is 60.0 Å². The summed E-state index contributed by atoms with van der Waals surface area (Å²) in [5, 5.41) is 2.41. The van der Waals surface area contributed by atoms with Crippen LogP contribution < -0.4 is 10.2 Å². The Hall–Kier alpha value is -2.44. The highest BCUT2D eigenvalue weighted by atomic mass is 79.9. The number of thioether (sulfide) groups is 1. The van der Waals surface area contributed by atoms with Gasteiger partial charge in [-0.3, -0.25) is 4.79 Å². The molecular formula is C25H27BrFN3O5S2. The largest absolute Gasteiger partial charge is 0.444 e. The molecule has 2 amide bonds. The Morgan fingerprint density at radius 1 is 1.22 bits per heavy atom. The van der Waals surface area contributed by atoms with Crippen LogP contribution in [0.4, 0.5) is 14.9 Å². The summed E-state index contributed by atoms with van der Waals surface area (Å²) in [4.78, 5) is 31.8. The van der Waals surface area contributed by atoms with Gasteiger partial charge in [0.25, 0.3) is 5.91 Å². The Kier molecular flexibility index (Phi) is 8.01. The molecule has 2 aliphatic heterocycles. The summed E-state index contributed by atoms with van der Waals surface area (Å²) in [7, 11) is -3.32. The van der Waals surface area contributed by atoms with Crippen LogP contribution in [0.5, 0.6) is 0 Å². The minimum absolute atomic E-state index is 0.0895. The van der Waals surface area contributed by atoms with Gasteiger partial charge < -0.3 is 15.0 Å². The molecule has 3 unspecified atom stereocenters. The van der Waals surface area contributed by atoms with Gasteiger partial charge in [0, 0.05) is 16.1 Å². The molecule has 1 N–H and O–H groups in total. The van der Waals surface area contributed by atoms with E-state index in [9.17, 15) is 22.4 Å². The van der Waals surface area contributed by atoms with Gasteiger partial charge in [0.05, 0.1) is 23.2 Å². The number of alkyl carbamates (subject to hydrolysis) is 1. The fraction of sp³-hybridized carbons (Fsp3) is 0.400. The maximum Gasteiger partial charge on any atom is 0.408 e. The fourth-order valence-electron chi connectivity index (χ4n) is 4.19. The number of hydrogen-bond acceptors (Lipinski definition) is 6. The molecule has 0 spiro atoms. The van der Waals surface area contributed by atoms with Crippen LogP contribution in [0.15, 0.2) is 58.0 Å². The average Bonchev–Trinajstić information content (AvgIpc) is 3.24. The molecule has 4 rings (SSSR count). The summed E-state index contributed by atoms with van der Waals surface area (Å²) >= 11 is 4.37. The molecule has 0 radical (unpaired) electrons. The SMILES string of the molecule is CC(C)(C)OC(=O)NC(Cc1ccccc1)C(=O)N=C1SC2CS(=O)(=O)CC2N1c1ccc(Br)cc1F. The Balaban J connectivity index is 1.67. The molecule has 2 aromatic carbocycles. The average molecular weight is 613 g/mol. The van der Waals surface area contributed by atoms with Crippen LogP contribution in [-0.2, 0) is 25.8 Å². The number of hydrogen-bond donors (Lipinski definition) is 1. The summed E-state index contributed by atoms with van der Waals surface area (Å²) in [5.41, 5.74) is 0.165. The van der Waals surface area contributed by atoms with Crippen LogP contribution in [0.3, 0.4) is 0 Å². The van der Waals surface area contributed by atoms with Crippen molar-refractivity contribution in [3.8, 4) is 0 Å². The van der Waals surface area contributed by atoms with Crippen molar-refractivity contribution in [2.24, 2.45) is 4.99 Å². The molecule has 2 heterocycles. The van der Waals surface area contributed by atoms with Gasteiger partial charge >= 0.3 is 6.09 Å². The van der Waals surface area contributed by atoms with Crippen molar-refractivity contribution in [1.82, 2.24) is 5.32 Å². The third kappa shape index (κ3) is 6.91. The number of halogens is 2. The molecule has 8 nitrogen and oxygen atoms in total. The molecule has 2 fully saturated rings. The molecule has 2 aromatic rings. The zero-order chi connectivity index (χ0) is 27.0. The van der Waals surface area contributed by atoms with Gasteiger partial charge in [0.1, 0.15) is 17.5 Å². The lowest BCUT2D eigenvalue weighted by molar-refractivity contribution is -0.119. The molecule has 2 aliphatic rings. The lowest BCUT2D eigenvalue weighted by Gasteiger charge is -2.26. The van der Waals surface area contributed by atoms with Crippen molar-refractivity contribution >= 4 is 60.4 Å². The minimum Gasteiger partial charge on any atom is -0.444 e. The van der Waals surface area contributed by atoms with Crippen LogP contribution in [0.2, 0.25) is 0 Å². The maximum atomic E-state index is 15.0. The molecule has 0 aliphatic carbocycles. The predicted octanol–water partition coefficient (Wildman–Crippen LogP) is 4.33. The van der Waals surface area contributed by atoms with Crippen molar-refractivity contribution in [2.45, 2.75) is 50.1 Å². The smallest absolute Gasteiger partial charge is 0.408 e. The van der Waals surface area contributed by atoms with E-state index in [0.29, 0.717) is 4.47 Å². The highest BCUT2D eigenvalue weighted by Crippen LogP contribution is 2.42. The van der Waals surface area contributed by atoms with E-state index in [1.54, 1.807) is 26.8 Å². The number of amidine groups is 1. The van der Waals surface area contributed by atoms with Gasteiger partial charge in [0.2, 0.25) is 0 Å². The number of fused-ring (bicyclic) bond motifs is 1. The highest BCUT2D eigenvalue weighted by molar-refractivity contribution is 9.10. The van der Waals surface area contributed by atoms with E-state index in [4.69, 9.17) is 4.74 Å². The van der Waals surface area contributed by atoms with Gasteiger partial charge in [-0.25, -0.2) is 17.6 Å². The van der Waals surface area contributed by atoms with Crippen LogP contribution in [0, 0.1) is 5.82 Å². The molecule has 0 aromatic heterocycles. The molecule has 3 atom stereocenters. The molecule has 198 valence electrons. The number of nitrogens with one attached hydrogen (secondary N) is 1. The first-order valence-corrected chi connectivity index (χ1v) is 15.1. The van der Waals surface area contributed by atoms with Crippen molar-refractivity contribution in [3.05, 3.63) is 64.4 Å². The van der Waals surface area contributed by atoms with Gasteiger partial charge in [-0.2, -0.15) is 4.99 Å². The van der Waals surface area contributed by atoms with E-state index in [1.165, 1.54) is 17.0 Å². The van der Waals surface area contributed by atoms with Gasteiger partial charge in [0.15, 0.2) is 15.0 Å². The van der Waals surface area contributed by atoms with Crippen molar-refractivity contribution in [2.75, 3.05) is 16.4 Å². The minimum atomic E-state index is -3.32. The van der Waals surface area contributed by atoms with E-state index in [2.05, 4.69) is 26.2 Å². The van der Waals surface area contributed by atoms with E-state index in [-0.39, 0.29) is 28.8 Å². The van der Waals surface area contributed by atoms with Crippen LogP contribution >= 0.6 is 27.7 Å². The zero-order valence-electron chi connectivity index (χ0n) is 20.5. The Morgan fingerprint density at radius 3 is 2.57 bits per heavy atom. The fourth-order valence-corrected chi connectivity index (χ4v) is 8.44. The van der Waals surface area contributed by atoms with Gasteiger partial charge in [-0.1, -0.05) is 58.0 Å². The monoisotopic (exact) mass is 611 g/mol. The highest BCUT2D eigenvalue weighted by Gasteiger charge is 2.50. The standard InChI is InChI=1S/C25H27BrFN3O5S2/c1-25(2,3)35-24(32)28-18(11-15-7-5-4-6-8-15)22(31)29-23-30(19-10-9-16(26)12-17(19)27)20-13-37(33,34)14-21(20)36-23/h4-10,12,18,20-21H,11,13-14H2,1-3H3,(H,28,32). The van der Waals surface area contributed by atoms with E-state index in [0.717, 1.165) is 17.3 Å². The lowest BCUT2D eigenvalue weighted by atomic mass is 10.1. The summed E-state index contributed by atoms with van der Waals surface area (Å²) in [6.07, 6.45) is -0.603. The second-order valence-corrected chi connectivity index (χ2v) is 14.2. The number of aliphatic imine (C=N–C) groups is 1. The predicted molar refractivity (Wildman–Crippen MR) is 146 cm³/mol. The van der Waals surface area contributed by atoms with E-state index >= 15 is 0 Å². The number of carbonyl (C=O) groups excluding carboxylic acids is 2. The normalized spacial score (nSPS) is 22.5. The summed E-state index contributed by atoms with van der Waals surface area (Å²) < 4.78 is 45.5. The summed E-state index contributed by atoms with van der Waals surface area (Å²) in [5.74, 6) is -1.49.